The Labute approximate surface area is 160 Å². The van der Waals surface area contributed by atoms with Gasteiger partial charge in [-0.2, -0.15) is 0 Å². The van der Waals surface area contributed by atoms with Crippen molar-refractivity contribution in [3.63, 3.8) is 0 Å². The van der Waals surface area contributed by atoms with Crippen molar-refractivity contribution in [2.24, 2.45) is 10.6 Å². The van der Waals surface area contributed by atoms with Crippen molar-refractivity contribution in [3.05, 3.63) is 65.6 Å². The number of nitrogens with two attached hydrogens (primary N) is 1. The smallest absolute Gasteiger partial charge is 0.253 e. The van der Waals surface area contributed by atoms with Gasteiger partial charge in [0.15, 0.2) is 0 Å². The van der Waals surface area contributed by atoms with Gasteiger partial charge >= 0.3 is 0 Å². The summed E-state index contributed by atoms with van der Waals surface area (Å²) >= 11 is 0. The highest BCUT2D eigenvalue weighted by atomic mass is 32.2. The minimum atomic E-state index is -3.77. The number of primary sulfonamides is 1. The Kier molecular flexibility index (Phi) is 4.13. The number of hydrogen-bond acceptors (Lipinski definition) is 5. The summed E-state index contributed by atoms with van der Waals surface area (Å²) in [6.45, 7) is 4.01. The molecular weight excluding hydrogens is 388 g/mol. The molecule has 4 rings (SSSR count). The molecule has 1 aliphatic rings. The molecule has 1 fully saturated rings. The lowest BCUT2D eigenvalue weighted by Gasteiger charge is -2.04. The third kappa shape index (κ3) is 3.00. The number of hydrogen-bond donors (Lipinski definition) is 1. The van der Waals surface area contributed by atoms with Crippen LogP contribution < -0.4 is 5.14 Å². The molecule has 9 heteroatoms. The van der Waals surface area contributed by atoms with Gasteiger partial charge in [0.25, 0.3) is 5.89 Å². The van der Waals surface area contributed by atoms with Crippen LogP contribution in [0.3, 0.4) is 0 Å². The van der Waals surface area contributed by atoms with Gasteiger partial charge in [-0.15, -0.1) is 10.2 Å². The molecule has 1 aliphatic carbocycles. The topological polar surface area (TPSA) is 99.1 Å². The fourth-order valence-electron chi connectivity index (χ4n) is 3.75. The van der Waals surface area contributed by atoms with Gasteiger partial charge in [-0.05, 0) is 35.2 Å². The van der Waals surface area contributed by atoms with Crippen LogP contribution in [-0.2, 0) is 10.0 Å². The van der Waals surface area contributed by atoms with E-state index in [2.05, 4.69) is 10.2 Å². The first kappa shape index (κ1) is 18.7. The van der Waals surface area contributed by atoms with Crippen molar-refractivity contribution in [1.82, 2.24) is 10.2 Å². The van der Waals surface area contributed by atoms with E-state index in [9.17, 15) is 17.2 Å². The van der Waals surface area contributed by atoms with Crippen molar-refractivity contribution >= 4 is 10.0 Å². The largest absolute Gasteiger partial charge is 0.420 e. The predicted octanol–water partition coefficient (Wildman–Crippen LogP) is 3.57. The third-order valence-electron chi connectivity index (χ3n) is 5.28. The average molecular weight is 405 g/mol. The average Bonchev–Trinajstić information content (AvgIpc) is 2.95. The van der Waals surface area contributed by atoms with Crippen molar-refractivity contribution in [3.8, 4) is 11.5 Å². The maximum absolute atomic E-state index is 14.0. The van der Waals surface area contributed by atoms with Crippen LogP contribution in [0.5, 0.6) is 0 Å². The highest BCUT2D eigenvalue weighted by molar-refractivity contribution is 7.89. The molecule has 0 aliphatic heterocycles. The van der Waals surface area contributed by atoms with Crippen LogP contribution in [0.4, 0.5) is 8.78 Å². The molecule has 0 bridgehead atoms. The van der Waals surface area contributed by atoms with Crippen LogP contribution in [-0.4, -0.2) is 18.6 Å². The second-order valence-corrected chi connectivity index (χ2v) is 8.99. The van der Waals surface area contributed by atoms with E-state index >= 15 is 0 Å². The molecule has 2 N–H and O–H groups in total. The van der Waals surface area contributed by atoms with Crippen LogP contribution in [0.25, 0.3) is 11.5 Å². The Morgan fingerprint density at radius 3 is 2.18 bits per heavy atom. The fourth-order valence-corrected chi connectivity index (χ4v) is 4.26. The van der Waals surface area contributed by atoms with Crippen LogP contribution in [0.1, 0.15) is 37.1 Å². The van der Waals surface area contributed by atoms with Gasteiger partial charge in [0, 0.05) is 5.92 Å². The molecule has 2 atom stereocenters. The van der Waals surface area contributed by atoms with Crippen molar-refractivity contribution in [1.29, 1.82) is 0 Å². The van der Waals surface area contributed by atoms with E-state index in [4.69, 9.17) is 9.56 Å². The van der Waals surface area contributed by atoms with Crippen LogP contribution in [0, 0.1) is 17.0 Å². The van der Waals surface area contributed by atoms with E-state index in [0.29, 0.717) is 0 Å². The minimum Gasteiger partial charge on any atom is -0.420 e. The van der Waals surface area contributed by atoms with Gasteiger partial charge in [-0.25, -0.2) is 22.3 Å². The molecule has 0 unspecified atom stereocenters. The summed E-state index contributed by atoms with van der Waals surface area (Å²) in [5.74, 6) is -1.66. The zero-order chi connectivity index (χ0) is 20.3. The van der Waals surface area contributed by atoms with Crippen molar-refractivity contribution in [2.75, 3.05) is 0 Å². The van der Waals surface area contributed by atoms with Gasteiger partial charge in [0.1, 0.15) is 17.2 Å². The minimum absolute atomic E-state index is 0.0132. The van der Waals surface area contributed by atoms with Gasteiger partial charge < -0.3 is 4.42 Å². The molecule has 28 heavy (non-hydrogen) atoms. The Balaban J connectivity index is 1.65. The maximum atomic E-state index is 14.0. The summed E-state index contributed by atoms with van der Waals surface area (Å²) in [4.78, 5) is 0.0290. The van der Waals surface area contributed by atoms with Crippen molar-refractivity contribution in [2.45, 2.75) is 30.6 Å². The molecule has 1 aromatic heterocycles. The van der Waals surface area contributed by atoms with E-state index in [1.54, 1.807) is 12.1 Å². The Bertz CT molecular complexity index is 1140. The molecule has 1 heterocycles. The summed E-state index contributed by atoms with van der Waals surface area (Å²) in [7, 11) is -3.77. The normalized spacial score (nSPS) is 20.9. The number of sulfonamides is 1. The zero-order valence-corrected chi connectivity index (χ0v) is 15.9. The van der Waals surface area contributed by atoms with Crippen LogP contribution >= 0.6 is 0 Å². The van der Waals surface area contributed by atoms with E-state index in [0.717, 1.165) is 17.7 Å². The third-order valence-corrected chi connectivity index (χ3v) is 6.21. The first-order chi connectivity index (χ1) is 13.1. The molecule has 0 spiro atoms. The molecule has 0 saturated heterocycles. The van der Waals surface area contributed by atoms with Gasteiger partial charge in [-0.1, -0.05) is 32.0 Å². The first-order valence-corrected chi connectivity index (χ1v) is 10.1. The van der Waals surface area contributed by atoms with E-state index < -0.39 is 21.7 Å². The lowest BCUT2D eigenvalue weighted by molar-refractivity contribution is 0.470. The molecule has 3 aromatic rings. The molecule has 6 nitrogen and oxygen atoms in total. The quantitative estimate of drug-likeness (QED) is 0.715. The summed E-state index contributed by atoms with van der Waals surface area (Å²) in [5, 5.41) is 12.9. The van der Waals surface area contributed by atoms with E-state index in [1.807, 2.05) is 13.8 Å². The number of aromatic nitrogens is 2. The number of rotatable bonds is 4. The summed E-state index contributed by atoms with van der Waals surface area (Å²) in [5.41, 5.74) is 0.286. The predicted molar refractivity (Wildman–Crippen MR) is 96.7 cm³/mol. The standard InChI is InChI=1S/C19H17F2N3O3S/c1-19(2)15(10-6-8-11(9-7-10)28(22,25)26)16(19)18-24-23-17(27-18)14-12(20)4-3-5-13(14)21/h3-9,15-16H,1-2H3,(H2,22,25,26)/t15-,16+/m0/s1. The Hall–Kier alpha value is -2.65. The van der Waals surface area contributed by atoms with Crippen LogP contribution in [0.2, 0.25) is 0 Å². The monoisotopic (exact) mass is 405 g/mol. The van der Waals surface area contributed by atoms with Gasteiger partial charge in [-0.3, -0.25) is 0 Å². The Morgan fingerprint density at radius 1 is 1.00 bits per heavy atom. The highest BCUT2D eigenvalue weighted by Gasteiger charge is 2.61. The maximum Gasteiger partial charge on any atom is 0.253 e. The number of benzene rings is 2. The summed E-state index contributed by atoms with van der Waals surface area (Å²) in [6, 6.07) is 9.79. The van der Waals surface area contributed by atoms with Gasteiger partial charge in [0.05, 0.1) is 10.8 Å². The Morgan fingerprint density at radius 2 is 1.61 bits per heavy atom. The highest BCUT2D eigenvalue weighted by Crippen LogP contribution is 2.69. The van der Waals surface area contributed by atoms with E-state index in [1.165, 1.54) is 18.2 Å². The summed E-state index contributed by atoms with van der Waals surface area (Å²) in [6.07, 6.45) is 0. The fraction of sp³-hybridized carbons (Fsp3) is 0.263. The molecule has 2 aromatic carbocycles. The number of nitrogens with zero attached hydrogens (tertiary/aromatic N) is 2. The first-order valence-electron chi connectivity index (χ1n) is 8.51. The van der Waals surface area contributed by atoms with Crippen molar-refractivity contribution < 1.29 is 21.6 Å². The lowest BCUT2D eigenvalue weighted by atomic mass is 10.0. The molecular formula is C19H17F2N3O3S. The second kappa shape index (κ2) is 6.18. The van der Waals surface area contributed by atoms with Crippen LogP contribution in [0.15, 0.2) is 51.8 Å². The zero-order valence-electron chi connectivity index (χ0n) is 15.1. The second-order valence-electron chi connectivity index (χ2n) is 7.43. The molecule has 0 radical (unpaired) electrons. The van der Waals surface area contributed by atoms with E-state index in [-0.39, 0.29) is 39.5 Å². The molecule has 1 saturated carbocycles. The summed E-state index contributed by atoms with van der Waals surface area (Å²) < 4.78 is 56.4. The lowest BCUT2D eigenvalue weighted by Crippen LogP contribution is -2.11. The molecule has 146 valence electrons. The number of halogens is 2. The van der Waals surface area contributed by atoms with Gasteiger partial charge in [0.2, 0.25) is 15.9 Å². The SMILES string of the molecule is CC1(C)[C@@H](c2ccc(S(N)(=O)=O)cc2)[C@@H]1c1nnc(-c2c(F)cccc2F)o1. The molecule has 0 amide bonds.